The molecular formula is C21H21N5O4. The molecule has 1 aliphatic rings. The minimum atomic E-state index is -0.384. The van der Waals surface area contributed by atoms with Gasteiger partial charge < -0.3 is 25.3 Å². The summed E-state index contributed by atoms with van der Waals surface area (Å²) in [4.78, 5) is 24.9. The van der Waals surface area contributed by atoms with Gasteiger partial charge in [0.2, 0.25) is 11.9 Å². The van der Waals surface area contributed by atoms with E-state index in [1.807, 2.05) is 42.5 Å². The highest BCUT2D eigenvalue weighted by Crippen LogP contribution is 2.28. The SMILES string of the molecule is COc1ccccc1Nc1nc(N)nc(COC(=O)[C@H]2COc3ccccc3C2)n1. The smallest absolute Gasteiger partial charge is 0.313 e. The van der Waals surface area contributed by atoms with Crippen LogP contribution in [0.5, 0.6) is 11.5 Å². The lowest BCUT2D eigenvalue weighted by Crippen LogP contribution is -2.29. The standard InChI is InChI=1S/C21H21N5O4/c1-28-17-9-5-3-7-15(17)23-21-25-18(24-20(22)26-21)12-30-19(27)14-10-13-6-2-4-8-16(13)29-11-14/h2-9,14H,10-12H2,1H3,(H3,22,23,24,25,26)/t14-/m1/s1. The highest BCUT2D eigenvalue weighted by Gasteiger charge is 2.27. The van der Waals surface area contributed by atoms with E-state index in [0.717, 1.165) is 11.3 Å². The van der Waals surface area contributed by atoms with Gasteiger partial charge in [-0.25, -0.2) is 0 Å². The van der Waals surface area contributed by atoms with E-state index < -0.39 is 0 Å². The van der Waals surface area contributed by atoms with Crippen molar-refractivity contribution in [2.24, 2.45) is 5.92 Å². The van der Waals surface area contributed by atoms with Crippen LogP contribution in [0.1, 0.15) is 11.4 Å². The molecule has 0 fully saturated rings. The van der Waals surface area contributed by atoms with Crippen molar-refractivity contribution in [1.29, 1.82) is 0 Å². The third-order valence-corrected chi connectivity index (χ3v) is 4.61. The van der Waals surface area contributed by atoms with Crippen LogP contribution in [0.25, 0.3) is 0 Å². The van der Waals surface area contributed by atoms with Gasteiger partial charge in [0.15, 0.2) is 12.4 Å². The number of anilines is 3. The topological polar surface area (TPSA) is 121 Å². The highest BCUT2D eigenvalue weighted by molar-refractivity contribution is 5.73. The van der Waals surface area contributed by atoms with Gasteiger partial charge in [-0.2, -0.15) is 15.0 Å². The summed E-state index contributed by atoms with van der Waals surface area (Å²) in [5, 5.41) is 3.04. The Hall–Kier alpha value is -3.88. The van der Waals surface area contributed by atoms with Crippen LogP contribution >= 0.6 is 0 Å². The van der Waals surface area contributed by atoms with Gasteiger partial charge in [0.1, 0.15) is 18.1 Å². The number of nitrogens with zero attached hydrogens (tertiary/aromatic N) is 3. The maximum Gasteiger partial charge on any atom is 0.313 e. The van der Waals surface area contributed by atoms with E-state index >= 15 is 0 Å². The van der Waals surface area contributed by atoms with Gasteiger partial charge in [-0.15, -0.1) is 0 Å². The molecule has 1 aromatic heterocycles. The van der Waals surface area contributed by atoms with E-state index in [4.69, 9.17) is 19.9 Å². The van der Waals surface area contributed by atoms with E-state index in [0.29, 0.717) is 17.9 Å². The molecule has 2 aromatic carbocycles. The second kappa shape index (κ2) is 8.64. The number of carbonyl (C=O) groups excluding carboxylic acids is 1. The van der Waals surface area contributed by atoms with Crippen LogP contribution in [0.2, 0.25) is 0 Å². The first-order chi connectivity index (χ1) is 14.6. The second-order valence-electron chi connectivity index (χ2n) is 6.69. The Balaban J connectivity index is 1.41. The van der Waals surface area contributed by atoms with Gasteiger partial charge in [-0.3, -0.25) is 4.79 Å². The Kier molecular flexibility index (Phi) is 5.60. The summed E-state index contributed by atoms with van der Waals surface area (Å²) in [5.74, 6) is 1.16. The number of rotatable bonds is 6. The molecule has 2 heterocycles. The van der Waals surface area contributed by atoms with Gasteiger partial charge in [0.25, 0.3) is 0 Å². The molecule has 0 bridgehead atoms. The van der Waals surface area contributed by atoms with Gasteiger partial charge in [0.05, 0.1) is 18.7 Å². The molecule has 3 aromatic rings. The maximum absolute atomic E-state index is 12.5. The third kappa shape index (κ3) is 4.40. The van der Waals surface area contributed by atoms with Gasteiger partial charge in [-0.05, 0) is 30.2 Å². The number of benzene rings is 2. The third-order valence-electron chi connectivity index (χ3n) is 4.61. The average Bonchev–Trinajstić information content (AvgIpc) is 2.77. The normalized spacial score (nSPS) is 14.9. The number of nitrogens with two attached hydrogens (primary N) is 1. The number of hydrogen-bond acceptors (Lipinski definition) is 9. The van der Waals surface area contributed by atoms with Gasteiger partial charge >= 0.3 is 5.97 Å². The summed E-state index contributed by atoms with van der Waals surface area (Å²) in [7, 11) is 1.57. The van der Waals surface area contributed by atoms with E-state index in [-0.39, 0.29) is 42.8 Å². The molecule has 1 aliphatic heterocycles. The molecule has 9 nitrogen and oxygen atoms in total. The number of ether oxygens (including phenoxy) is 3. The number of aromatic nitrogens is 3. The van der Waals surface area contributed by atoms with E-state index in [2.05, 4.69) is 20.3 Å². The van der Waals surface area contributed by atoms with Crippen LogP contribution in [-0.2, 0) is 22.6 Å². The van der Waals surface area contributed by atoms with E-state index in [9.17, 15) is 4.79 Å². The van der Waals surface area contributed by atoms with Crippen molar-refractivity contribution in [3.63, 3.8) is 0 Å². The fourth-order valence-electron chi connectivity index (χ4n) is 3.16. The largest absolute Gasteiger partial charge is 0.495 e. The van der Waals surface area contributed by atoms with Crippen LogP contribution in [0, 0.1) is 5.92 Å². The Bertz CT molecular complexity index is 1060. The van der Waals surface area contributed by atoms with Crippen molar-refractivity contribution < 1.29 is 19.0 Å². The number of esters is 1. The molecule has 9 heteroatoms. The number of fused-ring (bicyclic) bond motifs is 1. The number of hydrogen-bond donors (Lipinski definition) is 2. The van der Waals surface area contributed by atoms with Crippen LogP contribution in [-0.4, -0.2) is 34.6 Å². The first-order valence-electron chi connectivity index (χ1n) is 9.40. The lowest BCUT2D eigenvalue weighted by atomic mass is 9.97. The summed E-state index contributed by atoms with van der Waals surface area (Å²) < 4.78 is 16.4. The highest BCUT2D eigenvalue weighted by atomic mass is 16.5. The average molecular weight is 407 g/mol. The fraction of sp³-hybridized carbons (Fsp3) is 0.238. The zero-order valence-electron chi connectivity index (χ0n) is 16.4. The molecule has 0 amide bonds. The minimum absolute atomic E-state index is 0.0170. The van der Waals surface area contributed by atoms with Crippen molar-refractivity contribution in [1.82, 2.24) is 15.0 Å². The van der Waals surface area contributed by atoms with Crippen molar-refractivity contribution in [3.8, 4) is 11.5 Å². The summed E-state index contributed by atoms with van der Waals surface area (Å²) >= 11 is 0. The predicted octanol–water partition coefficient (Wildman–Crippen LogP) is 2.50. The number of methoxy groups -OCH3 is 1. The summed E-state index contributed by atoms with van der Waals surface area (Å²) in [6, 6.07) is 15.0. The monoisotopic (exact) mass is 407 g/mol. The summed E-state index contributed by atoms with van der Waals surface area (Å²) in [6.07, 6.45) is 0.564. The van der Waals surface area contributed by atoms with Crippen LogP contribution in [0.15, 0.2) is 48.5 Å². The Morgan fingerprint density at radius 1 is 1.17 bits per heavy atom. The van der Waals surface area contributed by atoms with E-state index in [1.54, 1.807) is 13.2 Å². The molecule has 0 radical (unpaired) electrons. The molecule has 0 saturated heterocycles. The number of carbonyl (C=O) groups is 1. The maximum atomic E-state index is 12.5. The van der Waals surface area contributed by atoms with Crippen molar-refractivity contribution in [2.45, 2.75) is 13.0 Å². The van der Waals surface area contributed by atoms with Crippen molar-refractivity contribution >= 4 is 23.6 Å². The zero-order chi connectivity index (χ0) is 20.9. The van der Waals surface area contributed by atoms with E-state index in [1.165, 1.54) is 0 Å². The van der Waals surface area contributed by atoms with Crippen LogP contribution in [0.4, 0.5) is 17.6 Å². The lowest BCUT2D eigenvalue weighted by Gasteiger charge is -2.23. The molecule has 1 atom stereocenters. The molecule has 4 rings (SSSR count). The Morgan fingerprint density at radius 2 is 1.97 bits per heavy atom. The van der Waals surface area contributed by atoms with Crippen molar-refractivity contribution in [2.75, 3.05) is 24.8 Å². The first-order valence-corrected chi connectivity index (χ1v) is 9.40. The minimum Gasteiger partial charge on any atom is -0.495 e. The molecule has 154 valence electrons. The van der Waals surface area contributed by atoms with Crippen LogP contribution in [0.3, 0.4) is 0 Å². The molecule has 0 unspecified atom stereocenters. The van der Waals surface area contributed by atoms with Crippen LogP contribution < -0.4 is 20.5 Å². The molecule has 3 N–H and O–H groups in total. The fourth-order valence-corrected chi connectivity index (χ4v) is 3.16. The Labute approximate surface area is 173 Å². The van der Waals surface area contributed by atoms with Gasteiger partial charge in [0, 0.05) is 0 Å². The van der Waals surface area contributed by atoms with Crippen molar-refractivity contribution in [3.05, 3.63) is 59.9 Å². The number of nitrogen functional groups attached to an aromatic ring is 1. The second-order valence-corrected chi connectivity index (χ2v) is 6.69. The van der Waals surface area contributed by atoms with Gasteiger partial charge in [-0.1, -0.05) is 30.3 Å². The first kappa shape index (κ1) is 19.4. The predicted molar refractivity (Wildman–Crippen MR) is 109 cm³/mol. The number of para-hydroxylation sites is 3. The summed E-state index contributed by atoms with van der Waals surface area (Å²) in [6.45, 7) is 0.153. The molecular weight excluding hydrogens is 386 g/mol. The zero-order valence-corrected chi connectivity index (χ0v) is 16.4. The molecule has 0 aliphatic carbocycles. The quantitative estimate of drug-likeness (QED) is 0.594. The molecule has 0 saturated carbocycles. The molecule has 0 spiro atoms. The lowest BCUT2D eigenvalue weighted by molar-refractivity contribution is -0.151. The number of nitrogens with one attached hydrogen (secondary N) is 1. The Morgan fingerprint density at radius 3 is 2.83 bits per heavy atom. The summed E-state index contributed by atoms with van der Waals surface area (Å²) in [5.41, 5.74) is 7.45. The molecule has 30 heavy (non-hydrogen) atoms.